The lowest BCUT2D eigenvalue weighted by Gasteiger charge is -2.14. The first-order valence-corrected chi connectivity index (χ1v) is 11.3. The van der Waals surface area contributed by atoms with Crippen LogP contribution in [0.25, 0.3) is 10.2 Å². The van der Waals surface area contributed by atoms with Gasteiger partial charge in [0.25, 0.3) is 5.56 Å². The number of nitrogens with one attached hydrogen (secondary N) is 1. The third kappa shape index (κ3) is 3.73. The second-order valence-electron chi connectivity index (χ2n) is 7.14. The van der Waals surface area contributed by atoms with E-state index in [1.807, 2.05) is 37.3 Å². The standard InChI is InChI=1S/C21H23N3O2S2/c1-13(14-8-4-3-5-9-14)22-17(25)12-27-21-23-19-18(20(26)24(21)2)15-10-6-7-11-16(15)28-19/h3-5,8-9,13H,6-7,10-12H2,1-2H3,(H,22,25)/t13-/m0/s1. The normalized spacial score (nSPS) is 14.6. The summed E-state index contributed by atoms with van der Waals surface area (Å²) in [6, 6.07) is 9.81. The molecule has 3 aromatic rings. The fraction of sp³-hybridized carbons (Fsp3) is 0.381. The van der Waals surface area contributed by atoms with Gasteiger partial charge in [0.1, 0.15) is 4.83 Å². The Morgan fingerprint density at radius 2 is 2.04 bits per heavy atom. The van der Waals surface area contributed by atoms with E-state index in [1.165, 1.54) is 28.6 Å². The van der Waals surface area contributed by atoms with Crippen LogP contribution < -0.4 is 10.9 Å². The number of thioether (sulfide) groups is 1. The molecule has 0 saturated carbocycles. The molecular formula is C21H23N3O2S2. The number of amides is 1. The molecule has 1 atom stereocenters. The molecule has 1 N–H and O–H groups in total. The Kier molecular flexibility index (Phi) is 5.55. The molecule has 146 valence electrons. The summed E-state index contributed by atoms with van der Waals surface area (Å²) in [4.78, 5) is 32.1. The van der Waals surface area contributed by atoms with E-state index in [2.05, 4.69) is 5.32 Å². The van der Waals surface area contributed by atoms with Gasteiger partial charge in [-0.1, -0.05) is 42.1 Å². The van der Waals surface area contributed by atoms with Crippen LogP contribution in [0.4, 0.5) is 0 Å². The maximum absolute atomic E-state index is 12.9. The van der Waals surface area contributed by atoms with Gasteiger partial charge >= 0.3 is 0 Å². The fourth-order valence-corrected chi connectivity index (χ4v) is 5.72. The van der Waals surface area contributed by atoms with E-state index in [0.29, 0.717) is 5.16 Å². The van der Waals surface area contributed by atoms with Gasteiger partial charge in [-0.2, -0.15) is 0 Å². The highest BCUT2D eigenvalue weighted by Gasteiger charge is 2.21. The zero-order valence-electron chi connectivity index (χ0n) is 16.0. The Hall–Kier alpha value is -2.12. The molecule has 2 aromatic heterocycles. The summed E-state index contributed by atoms with van der Waals surface area (Å²) in [5, 5.41) is 4.39. The van der Waals surface area contributed by atoms with Gasteiger partial charge < -0.3 is 5.32 Å². The van der Waals surface area contributed by atoms with Crippen molar-refractivity contribution in [3.63, 3.8) is 0 Å². The van der Waals surface area contributed by atoms with Crippen molar-refractivity contribution in [1.82, 2.24) is 14.9 Å². The third-order valence-corrected chi connectivity index (χ3v) is 7.38. The first-order chi connectivity index (χ1) is 13.5. The molecule has 0 saturated heterocycles. The highest BCUT2D eigenvalue weighted by atomic mass is 32.2. The lowest BCUT2D eigenvalue weighted by atomic mass is 9.97. The number of hydrogen-bond donors (Lipinski definition) is 1. The molecular weight excluding hydrogens is 390 g/mol. The van der Waals surface area contributed by atoms with E-state index in [4.69, 9.17) is 4.98 Å². The van der Waals surface area contributed by atoms with E-state index >= 15 is 0 Å². The molecule has 0 unspecified atom stereocenters. The second kappa shape index (κ2) is 8.09. The van der Waals surface area contributed by atoms with Crippen LogP contribution in [0.1, 0.15) is 41.8 Å². The quantitative estimate of drug-likeness (QED) is 0.510. The Morgan fingerprint density at radius 1 is 1.29 bits per heavy atom. The summed E-state index contributed by atoms with van der Waals surface area (Å²) in [6.07, 6.45) is 4.33. The summed E-state index contributed by atoms with van der Waals surface area (Å²) in [7, 11) is 1.74. The van der Waals surface area contributed by atoms with Gasteiger partial charge in [0.15, 0.2) is 5.16 Å². The van der Waals surface area contributed by atoms with Crippen molar-refractivity contribution < 1.29 is 4.79 Å². The topological polar surface area (TPSA) is 64.0 Å². The summed E-state index contributed by atoms with van der Waals surface area (Å²) in [5.74, 6) is 0.162. The molecule has 7 heteroatoms. The minimum atomic E-state index is -0.0684. The number of rotatable bonds is 5. The molecule has 0 bridgehead atoms. The summed E-state index contributed by atoms with van der Waals surface area (Å²) >= 11 is 2.95. The number of aromatic nitrogens is 2. The Labute approximate surface area is 172 Å². The predicted molar refractivity (Wildman–Crippen MR) is 115 cm³/mol. The SMILES string of the molecule is C[C@H](NC(=O)CSc1nc2sc3c(c2c(=O)n1C)CCCC3)c1ccccc1. The van der Waals surface area contributed by atoms with Crippen LogP contribution in [-0.4, -0.2) is 21.2 Å². The van der Waals surface area contributed by atoms with Crippen LogP contribution in [0.2, 0.25) is 0 Å². The number of carbonyl (C=O) groups excluding carboxylic acids is 1. The molecule has 0 spiro atoms. The van der Waals surface area contributed by atoms with Crippen LogP contribution in [-0.2, 0) is 24.7 Å². The van der Waals surface area contributed by atoms with Gasteiger partial charge in [0, 0.05) is 11.9 Å². The number of thiophene rings is 1. The zero-order valence-corrected chi connectivity index (χ0v) is 17.7. The highest BCUT2D eigenvalue weighted by molar-refractivity contribution is 7.99. The van der Waals surface area contributed by atoms with E-state index in [-0.39, 0.29) is 23.3 Å². The molecule has 5 nitrogen and oxygen atoms in total. The van der Waals surface area contributed by atoms with Crippen LogP contribution in [0, 0.1) is 0 Å². The maximum atomic E-state index is 12.9. The van der Waals surface area contributed by atoms with E-state index in [1.54, 1.807) is 23.0 Å². The molecule has 0 radical (unpaired) electrons. The van der Waals surface area contributed by atoms with Crippen molar-refractivity contribution in [2.45, 2.75) is 43.8 Å². The lowest BCUT2D eigenvalue weighted by Crippen LogP contribution is -2.28. The monoisotopic (exact) mass is 413 g/mol. The van der Waals surface area contributed by atoms with Gasteiger partial charge in [-0.25, -0.2) is 4.98 Å². The number of hydrogen-bond acceptors (Lipinski definition) is 5. The average Bonchev–Trinajstić information content (AvgIpc) is 3.08. The first kappa shape index (κ1) is 19.2. The van der Waals surface area contributed by atoms with Crippen LogP contribution >= 0.6 is 23.1 Å². The van der Waals surface area contributed by atoms with Crippen molar-refractivity contribution in [1.29, 1.82) is 0 Å². The second-order valence-corrected chi connectivity index (χ2v) is 9.16. The molecule has 1 aliphatic rings. The predicted octanol–water partition coefficient (Wildman–Crippen LogP) is 3.84. The molecule has 28 heavy (non-hydrogen) atoms. The van der Waals surface area contributed by atoms with Crippen molar-refractivity contribution >= 4 is 39.2 Å². The Balaban J connectivity index is 1.50. The van der Waals surface area contributed by atoms with Crippen LogP contribution in [0.5, 0.6) is 0 Å². The number of aryl methyl sites for hydroxylation is 2. The average molecular weight is 414 g/mol. The zero-order chi connectivity index (χ0) is 19.7. The first-order valence-electron chi connectivity index (χ1n) is 9.53. The molecule has 0 fully saturated rings. The highest BCUT2D eigenvalue weighted by Crippen LogP contribution is 2.34. The number of fused-ring (bicyclic) bond motifs is 3. The molecule has 0 aliphatic heterocycles. The van der Waals surface area contributed by atoms with Gasteiger partial charge in [-0.05, 0) is 43.7 Å². The molecule has 4 rings (SSSR count). The minimum Gasteiger partial charge on any atom is -0.349 e. The summed E-state index contributed by atoms with van der Waals surface area (Å²) in [6.45, 7) is 1.97. The fourth-order valence-electron chi connectivity index (χ4n) is 3.63. The van der Waals surface area contributed by atoms with E-state index in [9.17, 15) is 9.59 Å². The largest absolute Gasteiger partial charge is 0.349 e. The minimum absolute atomic E-state index is 0.00459. The van der Waals surface area contributed by atoms with Gasteiger partial charge in [0.05, 0.1) is 17.2 Å². The molecule has 2 heterocycles. The van der Waals surface area contributed by atoms with E-state index in [0.717, 1.165) is 35.0 Å². The van der Waals surface area contributed by atoms with Crippen molar-refractivity contribution in [2.75, 3.05) is 5.75 Å². The van der Waals surface area contributed by atoms with Gasteiger partial charge in [-0.15, -0.1) is 11.3 Å². The number of benzene rings is 1. The number of nitrogens with zero attached hydrogens (tertiary/aromatic N) is 2. The third-order valence-electron chi connectivity index (χ3n) is 5.16. The van der Waals surface area contributed by atoms with Crippen molar-refractivity contribution in [3.8, 4) is 0 Å². The van der Waals surface area contributed by atoms with Crippen molar-refractivity contribution in [3.05, 3.63) is 56.7 Å². The Bertz CT molecular complexity index is 1070. The van der Waals surface area contributed by atoms with Gasteiger partial charge in [0.2, 0.25) is 5.91 Å². The van der Waals surface area contributed by atoms with Gasteiger partial charge in [-0.3, -0.25) is 14.2 Å². The smallest absolute Gasteiger partial charge is 0.262 e. The summed E-state index contributed by atoms with van der Waals surface area (Å²) in [5.41, 5.74) is 2.27. The lowest BCUT2D eigenvalue weighted by molar-refractivity contribution is -0.119. The van der Waals surface area contributed by atoms with Crippen molar-refractivity contribution in [2.24, 2.45) is 7.05 Å². The molecule has 1 aromatic carbocycles. The van der Waals surface area contributed by atoms with Crippen LogP contribution in [0.3, 0.4) is 0 Å². The number of carbonyl (C=O) groups is 1. The molecule has 1 aliphatic carbocycles. The Morgan fingerprint density at radius 3 is 2.82 bits per heavy atom. The van der Waals surface area contributed by atoms with Crippen LogP contribution in [0.15, 0.2) is 40.3 Å². The van der Waals surface area contributed by atoms with E-state index < -0.39 is 0 Å². The maximum Gasteiger partial charge on any atom is 0.262 e. The molecule has 1 amide bonds. The summed E-state index contributed by atoms with van der Waals surface area (Å²) < 4.78 is 1.59.